The molecule has 0 radical (unpaired) electrons. The maximum Gasteiger partial charge on any atom is 0.371 e. The van der Waals surface area contributed by atoms with E-state index in [2.05, 4.69) is 5.32 Å². The van der Waals surface area contributed by atoms with Crippen molar-refractivity contribution in [3.8, 4) is 0 Å². The molecule has 74 valence electrons. The molecule has 0 bridgehead atoms. The molecule has 0 saturated heterocycles. The third-order valence-corrected chi connectivity index (χ3v) is 4.10. The van der Waals surface area contributed by atoms with Crippen molar-refractivity contribution in [3.63, 3.8) is 0 Å². The van der Waals surface area contributed by atoms with Crippen LogP contribution in [0.15, 0.2) is 15.6 Å². The van der Waals surface area contributed by atoms with Gasteiger partial charge in [0.15, 0.2) is 5.09 Å². The average Bonchev–Trinajstić information content (AvgIpc) is 2.76. The number of carboxylic acid groups (broad SMARTS) is 1. The van der Waals surface area contributed by atoms with E-state index in [9.17, 15) is 4.79 Å². The summed E-state index contributed by atoms with van der Waals surface area (Å²) in [5.74, 6) is -0.987. The summed E-state index contributed by atoms with van der Waals surface area (Å²) >= 11 is 1.67. The number of aromatic carboxylic acids is 1. The number of carboxylic acids is 1. The summed E-state index contributed by atoms with van der Waals surface area (Å²) in [5, 5.41) is 12.7. The quantitative estimate of drug-likeness (QED) is 0.744. The number of rotatable bonds is 1. The van der Waals surface area contributed by atoms with Crippen molar-refractivity contribution in [1.29, 1.82) is 0 Å². The number of hydrogen-bond acceptors (Lipinski definition) is 4. The first-order chi connectivity index (χ1) is 6.69. The van der Waals surface area contributed by atoms with Gasteiger partial charge in [0.1, 0.15) is 0 Å². The van der Waals surface area contributed by atoms with Crippen molar-refractivity contribution in [3.05, 3.63) is 11.8 Å². The Bertz CT molecular complexity index is 408. The molecule has 4 nitrogen and oxygen atoms in total. The lowest BCUT2D eigenvalue weighted by Crippen LogP contribution is -2.21. The predicted octanol–water partition coefficient (Wildman–Crippen LogP) is 2.03. The lowest BCUT2D eigenvalue weighted by Gasteiger charge is -2.20. The Kier molecular flexibility index (Phi) is 1.45. The maximum atomic E-state index is 10.7. The highest BCUT2D eigenvalue weighted by Gasteiger charge is 2.47. The van der Waals surface area contributed by atoms with Crippen LogP contribution in [0.1, 0.15) is 23.4 Å². The van der Waals surface area contributed by atoms with Crippen molar-refractivity contribution in [2.45, 2.75) is 22.7 Å². The SMILES string of the molecule is O=C(O)c1cc2c(o1)SC1(CC1)CN2. The number of hydrogen-bond donors (Lipinski definition) is 2. The van der Waals surface area contributed by atoms with Gasteiger partial charge in [-0.3, -0.25) is 0 Å². The van der Waals surface area contributed by atoms with Gasteiger partial charge in [-0.25, -0.2) is 4.79 Å². The zero-order valence-corrected chi connectivity index (χ0v) is 8.19. The van der Waals surface area contributed by atoms with Crippen molar-refractivity contribution < 1.29 is 14.3 Å². The van der Waals surface area contributed by atoms with Gasteiger partial charge in [-0.05, 0) is 12.8 Å². The molecule has 1 aromatic heterocycles. The number of thioether (sulfide) groups is 1. The lowest BCUT2D eigenvalue weighted by atomic mass is 10.3. The Balaban J connectivity index is 1.97. The number of nitrogens with one attached hydrogen (secondary N) is 1. The highest BCUT2D eigenvalue weighted by Crippen LogP contribution is 2.56. The van der Waals surface area contributed by atoms with Crippen LogP contribution in [0, 0.1) is 0 Å². The van der Waals surface area contributed by atoms with Gasteiger partial charge < -0.3 is 14.8 Å². The largest absolute Gasteiger partial charge is 0.475 e. The Hall–Kier alpha value is -1.10. The summed E-state index contributed by atoms with van der Waals surface area (Å²) in [6, 6.07) is 1.56. The minimum atomic E-state index is -1.01. The fraction of sp³-hybridized carbons (Fsp3) is 0.444. The van der Waals surface area contributed by atoms with Gasteiger partial charge in [0, 0.05) is 17.4 Å². The van der Waals surface area contributed by atoms with Crippen LogP contribution in [-0.2, 0) is 0 Å². The van der Waals surface area contributed by atoms with Gasteiger partial charge in [-0.2, -0.15) is 0 Å². The normalized spacial score (nSPS) is 21.4. The van der Waals surface area contributed by atoms with E-state index in [1.165, 1.54) is 12.8 Å². The third-order valence-electron chi connectivity index (χ3n) is 2.63. The van der Waals surface area contributed by atoms with E-state index in [0.717, 1.165) is 17.3 Å². The smallest absolute Gasteiger partial charge is 0.371 e. The van der Waals surface area contributed by atoms with E-state index in [0.29, 0.717) is 4.75 Å². The molecule has 5 heteroatoms. The highest BCUT2D eigenvalue weighted by molar-refractivity contribution is 8.01. The topological polar surface area (TPSA) is 62.5 Å². The van der Waals surface area contributed by atoms with Crippen LogP contribution >= 0.6 is 11.8 Å². The van der Waals surface area contributed by atoms with Gasteiger partial charge in [0.2, 0.25) is 5.76 Å². The Morgan fingerprint density at radius 2 is 2.43 bits per heavy atom. The highest BCUT2D eigenvalue weighted by atomic mass is 32.2. The van der Waals surface area contributed by atoms with E-state index in [-0.39, 0.29) is 5.76 Å². The third kappa shape index (κ3) is 1.12. The van der Waals surface area contributed by atoms with Gasteiger partial charge in [0.25, 0.3) is 0 Å². The molecule has 0 unspecified atom stereocenters. The minimum absolute atomic E-state index is 0.0210. The summed E-state index contributed by atoms with van der Waals surface area (Å²) < 4.78 is 5.54. The van der Waals surface area contributed by atoms with Gasteiger partial charge >= 0.3 is 5.97 Å². The standard InChI is InChI=1S/C9H9NO3S/c11-7(12)6-3-5-8(13-6)14-9(1-2-9)4-10-5/h3,10H,1-2,4H2,(H,11,12). The summed E-state index contributed by atoms with van der Waals surface area (Å²) in [6.45, 7) is 0.920. The van der Waals surface area contributed by atoms with Crippen molar-refractivity contribution in [1.82, 2.24) is 0 Å². The van der Waals surface area contributed by atoms with E-state index in [1.807, 2.05) is 0 Å². The lowest BCUT2D eigenvalue weighted by molar-refractivity contribution is 0.0656. The Labute approximate surface area is 84.7 Å². The van der Waals surface area contributed by atoms with Gasteiger partial charge in [-0.1, -0.05) is 11.8 Å². The molecule has 1 aromatic rings. The summed E-state index contributed by atoms with van der Waals surface area (Å²) in [4.78, 5) is 10.7. The maximum absolute atomic E-state index is 10.7. The number of fused-ring (bicyclic) bond motifs is 1. The molecule has 2 aliphatic rings. The molecule has 1 fully saturated rings. The molecule has 14 heavy (non-hydrogen) atoms. The van der Waals surface area contributed by atoms with Crippen LogP contribution in [0.2, 0.25) is 0 Å². The van der Waals surface area contributed by atoms with E-state index in [1.54, 1.807) is 17.8 Å². The number of carbonyl (C=O) groups is 1. The number of anilines is 1. The van der Waals surface area contributed by atoms with Crippen LogP contribution in [0.4, 0.5) is 5.69 Å². The van der Waals surface area contributed by atoms with Gasteiger partial charge in [0.05, 0.1) is 5.69 Å². The van der Waals surface area contributed by atoms with Crippen molar-refractivity contribution in [2.75, 3.05) is 11.9 Å². The second-order valence-electron chi connectivity index (χ2n) is 3.76. The number of furan rings is 1. The monoisotopic (exact) mass is 211 g/mol. The first-order valence-corrected chi connectivity index (χ1v) is 5.30. The summed E-state index contributed by atoms with van der Waals surface area (Å²) in [6.07, 6.45) is 2.38. The molecule has 1 spiro atoms. The molecule has 3 rings (SSSR count). The molecule has 2 N–H and O–H groups in total. The van der Waals surface area contributed by atoms with Gasteiger partial charge in [-0.15, -0.1) is 0 Å². The molecule has 1 aliphatic carbocycles. The molecule has 2 heterocycles. The predicted molar refractivity (Wildman–Crippen MR) is 52.0 cm³/mol. The molecular weight excluding hydrogens is 202 g/mol. The fourth-order valence-corrected chi connectivity index (χ4v) is 2.80. The summed E-state index contributed by atoms with van der Waals surface area (Å²) in [5.41, 5.74) is 0.824. The van der Waals surface area contributed by atoms with E-state index in [4.69, 9.17) is 9.52 Å². The van der Waals surface area contributed by atoms with Crippen LogP contribution in [-0.4, -0.2) is 22.4 Å². The Morgan fingerprint density at radius 1 is 1.64 bits per heavy atom. The molecule has 0 aromatic carbocycles. The van der Waals surface area contributed by atoms with E-state index >= 15 is 0 Å². The molecule has 0 atom stereocenters. The molecule has 1 saturated carbocycles. The Morgan fingerprint density at radius 3 is 3.07 bits per heavy atom. The molecule has 1 aliphatic heterocycles. The summed E-state index contributed by atoms with van der Waals surface area (Å²) in [7, 11) is 0. The van der Waals surface area contributed by atoms with Crippen LogP contribution in [0.25, 0.3) is 0 Å². The molecule has 0 amide bonds. The first kappa shape index (κ1) is 8.23. The molecular formula is C9H9NO3S. The van der Waals surface area contributed by atoms with Crippen molar-refractivity contribution in [2.24, 2.45) is 0 Å². The second kappa shape index (κ2) is 2.48. The zero-order valence-electron chi connectivity index (χ0n) is 7.37. The van der Waals surface area contributed by atoms with Crippen LogP contribution in [0.5, 0.6) is 0 Å². The fourth-order valence-electron chi connectivity index (χ4n) is 1.59. The van der Waals surface area contributed by atoms with Crippen LogP contribution < -0.4 is 5.32 Å². The van der Waals surface area contributed by atoms with E-state index < -0.39 is 5.97 Å². The second-order valence-corrected chi connectivity index (χ2v) is 5.20. The average molecular weight is 211 g/mol. The first-order valence-electron chi connectivity index (χ1n) is 4.49. The minimum Gasteiger partial charge on any atom is -0.475 e. The van der Waals surface area contributed by atoms with Crippen LogP contribution in [0.3, 0.4) is 0 Å². The zero-order chi connectivity index (χ0) is 9.76. The van der Waals surface area contributed by atoms with Crippen molar-refractivity contribution >= 4 is 23.4 Å².